The molecule has 140 valence electrons. The number of nitrogens with one attached hydrogen (secondary N) is 2. The lowest BCUT2D eigenvalue weighted by molar-refractivity contribution is -0.114. The van der Waals surface area contributed by atoms with Crippen LogP contribution < -0.4 is 15.4 Å². The van der Waals surface area contributed by atoms with Gasteiger partial charge in [0.1, 0.15) is 5.75 Å². The van der Waals surface area contributed by atoms with Gasteiger partial charge < -0.3 is 15.4 Å². The molecule has 2 amide bonds. The van der Waals surface area contributed by atoms with Crippen LogP contribution in [0.3, 0.4) is 0 Å². The molecule has 1 aliphatic rings. The van der Waals surface area contributed by atoms with E-state index in [1.54, 1.807) is 25.3 Å². The number of fused-ring (bicyclic) bond motifs is 3. The van der Waals surface area contributed by atoms with Gasteiger partial charge in [-0.1, -0.05) is 30.3 Å². The molecule has 2 N–H and O–H groups in total. The third-order valence-electron chi connectivity index (χ3n) is 4.84. The monoisotopic (exact) mass is 372 g/mol. The first kappa shape index (κ1) is 17.8. The Labute approximate surface area is 163 Å². The van der Waals surface area contributed by atoms with E-state index >= 15 is 0 Å². The normalized spacial score (nSPS) is 11.4. The van der Waals surface area contributed by atoms with Crippen LogP contribution in [-0.4, -0.2) is 18.9 Å². The molecule has 3 aromatic rings. The summed E-state index contributed by atoms with van der Waals surface area (Å²) in [7, 11) is 1.55. The van der Waals surface area contributed by atoms with Crippen molar-refractivity contribution >= 4 is 23.2 Å². The largest absolute Gasteiger partial charge is 0.497 e. The third kappa shape index (κ3) is 3.34. The molecule has 1 aliphatic carbocycles. The Morgan fingerprint density at radius 2 is 1.64 bits per heavy atom. The van der Waals surface area contributed by atoms with Crippen molar-refractivity contribution in [3.63, 3.8) is 0 Å². The highest BCUT2D eigenvalue weighted by Gasteiger charge is 2.20. The topological polar surface area (TPSA) is 67.4 Å². The van der Waals surface area contributed by atoms with Crippen molar-refractivity contribution in [2.75, 3.05) is 17.7 Å². The van der Waals surface area contributed by atoms with E-state index in [9.17, 15) is 9.59 Å². The maximum Gasteiger partial charge on any atom is 0.255 e. The van der Waals surface area contributed by atoms with Gasteiger partial charge in [0.15, 0.2) is 0 Å². The molecule has 0 heterocycles. The lowest BCUT2D eigenvalue weighted by Crippen LogP contribution is -2.15. The van der Waals surface area contributed by atoms with Crippen molar-refractivity contribution in [3.8, 4) is 16.9 Å². The van der Waals surface area contributed by atoms with Gasteiger partial charge in [0, 0.05) is 18.6 Å². The van der Waals surface area contributed by atoms with Gasteiger partial charge in [-0.05, 0) is 52.9 Å². The van der Waals surface area contributed by atoms with Gasteiger partial charge in [0.2, 0.25) is 5.91 Å². The highest BCUT2D eigenvalue weighted by Crippen LogP contribution is 2.37. The average molecular weight is 372 g/mol. The van der Waals surface area contributed by atoms with E-state index < -0.39 is 0 Å². The molecule has 0 fully saturated rings. The van der Waals surface area contributed by atoms with Gasteiger partial charge in [-0.25, -0.2) is 0 Å². The first-order valence-corrected chi connectivity index (χ1v) is 9.03. The summed E-state index contributed by atoms with van der Waals surface area (Å²) >= 11 is 0. The number of hydrogen-bond acceptors (Lipinski definition) is 3. The van der Waals surface area contributed by atoms with Gasteiger partial charge in [-0.15, -0.1) is 0 Å². The zero-order valence-corrected chi connectivity index (χ0v) is 15.7. The van der Waals surface area contributed by atoms with Crippen LogP contribution in [0.1, 0.15) is 28.4 Å². The van der Waals surface area contributed by atoms with Crippen molar-refractivity contribution in [2.45, 2.75) is 13.3 Å². The third-order valence-corrected chi connectivity index (χ3v) is 4.84. The smallest absolute Gasteiger partial charge is 0.255 e. The second kappa shape index (κ2) is 7.19. The quantitative estimate of drug-likeness (QED) is 0.555. The Morgan fingerprint density at radius 1 is 0.857 bits per heavy atom. The lowest BCUT2D eigenvalue weighted by atomic mass is 10.0. The molecule has 5 heteroatoms. The lowest BCUT2D eigenvalue weighted by Gasteiger charge is -2.13. The molecule has 0 atom stereocenters. The van der Waals surface area contributed by atoms with Gasteiger partial charge in [-0.3, -0.25) is 9.59 Å². The molecule has 3 aromatic carbocycles. The van der Waals surface area contributed by atoms with E-state index in [0.29, 0.717) is 22.7 Å². The number of amides is 2. The molecule has 4 rings (SSSR count). The van der Waals surface area contributed by atoms with Crippen LogP contribution >= 0.6 is 0 Å². The average Bonchev–Trinajstić information content (AvgIpc) is 3.06. The van der Waals surface area contributed by atoms with E-state index in [1.807, 2.05) is 30.3 Å². The van der Waals surface area contributed by atoms with E-state index in [4.69, 9.17) is 4.74 Å². The molecular weight excluding hydrogens is 352 g/mol. The van der Waals surface area contributed by atoms with E-state index in [-0.39, 0.29) is 11.8 Å². The van der Waals surface area contributed by atoms with Crippen molar-refractivity contribution in [1.82, 2.24) is 0 Å². The Morgan fingerprint density at radius 3 is 2.43 bits per heavy atom. The minimum Gasteiger partial charge on any atom is -0.497 e. The Balaban J connectivity index is 1.61. The first-order chi connectivity index (χ1) is 13.5. The van der Waals surface area contributed by atoms with Crippen molar-refractivity contribution in [1.29, 1.82) is 0 Å². The van der Waals surface area contributed by atoms with Crippen LogP contribution in [0.15, 0.2) is 60.7 Å². The van der Waals surface area contributed by atoms with Gasteiger partial charge in [-0.2, -0.15) is 0 Å². The molecule has 0 saturated heterocycles. The van der Waals surface area contributed by atoms with Crippen LogP contribution in [0.2, 0.25) is 0 Å². The van der Waals surface area contributed by atoms with Crippen LogP contribution in [0, 0.1) is 0 Å². The summed E-state index contributed by atoms with van der Waals surface area (Å²) in [6.45, 7) is 1.42. The molecule has 5 nitrogen and oxygen atoms in total. The van der Waals surface area contributed by atoms with Crippen molar-refractivity contribution in [2.24, 2.45) is 0 Å². The standard InChI is InChI=1S/C23H20N2O3/c1-14(26)24-21-10-8-18(28-2)13-22(21)25-23(27)16-7-9-20-17(12-16)11-15-5-3-4-6-19(15)20/h3-10,12-13H,11H2,1-2H3,(H,24,26)(H,25,27). The molecule has 0 saturated carbocycles. The minimum atomic E-state index is -0.237. The SMILES string of the molecule is COc1ccc(NC(C)=O)c(NC(=O)c2ccc3c(c2)Cc2ccccc2-3)c1. The molecule has 0 aromatic heterocycles. The van der Waals surface area contributed by atoms with Crippen molar-refractivity contribution < 1.29 is 14.3 Å². The highest BCUT2D eigenvalue weighted by molar-refractivity contribution is 6.07. The predicted octanol–water partition coefficient (Wildman–Crippen LogP) is 4.48. The summed E-state index contributed by atoms with van der Waals surface area (Å²) in [5.41, 5.74) is 6.40. The fourth-order valence-corrected chi connectivity index (χ4v) is 3.53. The number of methoxy groups -OCH3 is 1. The summed E-state index contributed by atoms with van der Waals surface area (Å²) in [4.78, 5) is 24.3. The second-order valence-corrected chi connectivity index (χ2v) is 6.75. The zero-order valence-electron chi connectivity index (χ0n) is 15.7. The summed E-state index contributed by atoms with van der Waals surface area (Å²) in [6, 6.07) is 19.2. The Kier molecular flexibility index (Phi) is 4.57. The summed E-state index contributed by atoms with van der Waals surface area (Å²) < 4.78 is 5.23. The van der Waals surface area contributed by atoms with Gasteiger partial charge >= 0.3 is 0 Å². The second-order valence-electron chi connectivity index (χ2n) is 6.75. The predicted molar refractivity (Wildman–Crippen MR) is 110 cm³/mol. The number of benzene rings is 3. The van der Waals surface area contributed by atoms with Crippen LogP contribution in [-0.2, 0) is 11.2 Å². The van der Waals surface area contributed by atoms with E-state index in [2.05, 4.69) is 22.8 Å². The maximum absolute atomic E-state index is 12.9. The maximum atomic E-state index is 12.9. The number of rotatable bonds is 4. The molecule has 0 spiro atoms. The Bertz CT molecular complexity index is 1090. The summed E-state index contributed by atoms with van der Waals surface area (Å²) in [5.74, 6) is 0.142. The van der Waals surface area contributed by atoms with Crippen LogP contribution in [0.4, 0.5) is 11.4 Å². The molecule has 28 heavy (non-hydrogen) atoms. The number of carbonyl (C=O) groups excluding carboxylic acids is 2. The molecular formula is C23H20N2O3. The van der Waals surface area contributed by atoms with Crippen molar-refractivity contribution in [3.05, 3.63) is 77.4 Å². The number of ether oxygens (including phenoxy) is 1. The molecule has 0 unspecified atom stereocenters. The molecule has 0 radical (unpaired) electrons. The number of carbonyl (C=O) groups is 2. The van der Waals surface area contributed by atoms with E-state index in [0.717, 1.165) is 12.0 Å². The first-order valence-electron chi connectivity index (χ1n) is 9.03. The highest BCUT2D eigenvalue weighted by atomic mass is 16.5. The fourth-order valence-electron chi connectivity index (χ4n) is 3.53. The Hall–Kier alpha value is -3.60. The number of hydrogen-bond donors (Lipinski definition) is 2. The zero-order chi connectivity index (χ0) is 19.7. The number of anilines is 2. The van der Waals surface area contributed by atoms with E-state index in [1.165, 1.54) is 23.6 Å². The van der Waals surface area contributed by atoms with Crippen LogP contribution in [0.25, 0.3) is 11.1 Å². The molecule has 0 bridgehead atoms. The van der Waals surface area contributed by atoms with Crippen LogP contribution in [0.5, 0.6) is 5.75 Å². The summed E-state index contributed by atoms with van der Waals surface area (Å²) in [5, 5.41) is 5.61. The fraction of sp³-hybridized carbons (Fsp3) is 0.130. The minimum absolute atomic E-state index is 0.212. The van der Waals surface area contributed by atoms with Gasteiger partial charge in [0.05, 0.1) is 18.5 Å². The molecule has 0 aliphatic heterocycles. The van der Waals surface area contributed by atoms with Gasteiger partial charge in [0.25, 0.3) is 5.91 Å². The summed E-state index contributed by atoms with van der Waals surface area (Å²) in [6.07, 6.45) is 0.822.